The first-order valence-electron chi connectivity index (χ1n) is 5.41. The highest BCUT2D eigenvalue weighted by molar-refractivity contribution is 6.26. The molecule has 0 spiro atoms. The van der Waals surface area contributed by atoms with Crippen molar-refractivity contribution in [1.29, 1.82) is 0 Å². The molecule has 0 bridgehead atoms. The van der Waals surface area contributed by atoms with Crippen molar-refractivity contribution in [2.24, 2.45) is 0 Å². The van der Waals surface area contributed by atoms with E-state index in [1.54, 1.807) is 0 Å². The van der Waals surface area contributed by atoms with Crippen molar-refractivity contribution in [3.8, 4) is 0 Å². The Bertz CT molecular complexity index is 480. The minimum absolute atomic E-state index is 0.0965. The number of hydrogen-bond donors (Lipinski definition) is 1. The summed E-state index contributed by atoms with van der Waals surface area (Å²) < 4.78 is 0. The summed E-state index contributed by atoms with van der Waals surface area (Å²) in [7, 11) is 0. The largest absolute Gasteiger partial charge is 0.392 e. The first kappa shape index (κ1) is 11.6. The number of carbonyl (C=O) groups is 2. The van der Waals surface area contributed by atoms with Crippen LogP contribution in [0.15, 0.2) is 29.7 Å². The first-order valence-corrected chi connectivity index (χ1v) is 5.41. The molecule has 0 amide bonds. The molecule has 0 saturated heterocycles. The van der Waals surface area contributed by atoms with Gasteiger partial charge in [-0.3, -0.25) is 14.6 Å². The number of rotatable bonds is 3. The Labute approximate surface area is 98.2 Å². The van der Waals surface area contributed by atoms with Gasteiger partial charge in [0.15, 0.2) is 5.78 Å². The number of nitrogens with zero attached hydrogens (tertiary/aromatic N) is 2. The standard InChI is InChI=1S/C12H12N2O3/c15-7-8-2-1-3-10(16)11(8)12(17)9-6-13-4-5-14-9/h4-6,15H,1-3,7H2. The van der Waals surface area contributed by atoms with Crippen LogP contribution in [0.5, 0.6) is 0 Å². The number of aromatic nitrogens is 2. The van der Waals surface area contributed by atoms with Gasteiger partial charge in [0, 0.05) is 18.8 Å². The SMILES string of the molecule is O=C1CCCC(CO)=C1C(=O)c1cnccn1. The summed E-state index contributed by atoms with van der Waals surface area (Å²) in [5, 5.41) is 9.18. The fourth-order valence-corrected chi connectivity index (χ4v) is 1.90. The van der Waals surface area contributed by atoms with E-state index >= 15 is 0 Å². The summed E-state index contributed by atoms with van der Waals surface area (Å²) in [4.78, 5) is 31.5. The normalized spacial score (nSPS) is 16.2. The molecule has 0 saturated carbocycles. The van der Waals surface area contributed by atoms with Gasteiger partial charge < -0.3 is 5.11 Å². The van der Waals surface area contributed by atoms with Crippen LogP contribution in [-0.4, -0.2) is 33.2 Å². The maximum absolute atomic E-state index is 12.1. The lowest BCUT2D eigenvalue weighted by Crippen LogP contribution is -2.21. The molecule has 1 aromatic rings. The van der Waals surface area contributed by atoms with Gasteiger partial charge in [-0.1, -0.05) is 0 Å². The summed E-state index contributed by atoms with van der Waals surface area (Å²) in [5.74, 6) is -0.650. The quantitative estimate of drug-likeness (QED) is 0.613. The summed E-state index contributed by atoms with van der Waals surface area (Å²) in [6, 6.07) is 0. The molecule has 0 aromatic carbocycles. The van der Waals surface area contributed by atoms with Crippen LogP contribution in [0, 0.1) is 0 Å². The minimum atomic E-state index is -0.438. The zero-order valence-corrected chi connectivity index (χ0v) is 9.22. The molecule has 2 rings (SSSR count). The molecule has 5 heteroatoms. The number of allylic oxidation sites excluding steroid dienone is 1. The number of carbonyl (C=O) groups excluding carboxylic acids is 2. The molecule has 5 nitrogen and oxygen atoms in total. The van der Waals surface area contributed by atoms with Crippen LogP contribution in [0.25, 0.3) is 0 Å². The van der Waals surface area contributed by atoms with Gasteiger partial charge in [-0.05, 0) is 18.4 Å². The Morgan fingerprint density at radius 3 is 2.82 bits per heavy atom. The molecule has 17 heavy (non-hydrogen) atoms. The van der Waals surface area contributed by atoms with Crippen molar-refractivity contribution in [2.45, 2.75) is 19.3 Å². The Morgan fingerprint density at radius 1 is 1.35 bits per heavy atom. The Kier molecular flexibility index (Phi) is 3.39. The highest BCUT2D eigenvalue weighted by atomic mass is 16.3. The summed E-state index contributed by atoms with van der Waals surface area (Å²) in [6.07, 6.45) is 5.81. The van der Waals surface area contributed by atoms with E-state index in [4.69, 9.17) is 0 Å². The van der Waals surface area contributed by atoms with E-state index in [2.05, 4.69) is 9.97 Å². The summed E-state index contributed by atoms with van der Waals surface area (Å²) in [5.41, 5.74) is 0.750. The monoisotopic (exact) mass is 232 g/mol. The van der Waals surface area contributed by atoms with E-state index in [-0.39, 0.29) is 23.7 Å². The highest BCUT2D eigenvalue weighted by Gasteiger charge is 2.27. The van der Waals surface area contributed by atoms with Crippen molar-refractivity contribution in [3.63, 3.8) is 0 Å². The van der Waals surface area contributed by atoms with Gasteiger partial charge in [-0.2, -0.15) is 0 Å². The molecule has 1 aliphatic rings. The van der Waals surface area contributed by atoms with Crippen LogP contribution in [0.4, 0.5) is 0 Å². The molecular weight excluding hydrogens is 220 g/mol. The maximum Gasteiger partial charge on any atom is 0.216 e. The smallest absolute Gasteiger partial charge is 0.216 e. The van der Waals surface area contributed by atoms with Gasteiger partial charge in [-0.25, -0.2) is 4.98 Å². The lowest BCUT2D eigenvalue weighted by atomic mass is 9.87. The molecule has 1 heterocycles. The van der Waals surface area contributed by atoms with Crippen molar-refractivity contribution in [2.75, 3.05) is 6.61 Å². The fourth-order valence-electron chi connectivity index (χ4n) is 1.90. The molecule has 0 aliphatic heterocycles. The lowest BCUT2D eigenvalue weighted by Gasteiger charge is -2.16. The Balaban J connectivity index is 2.41. The summed E-state index contributed by atoms with van der Waals surface area (Å²) >= 11 is 0. The van der Waals surface area contributed by atoms with Crippen LogP contribution in [-0.2, 0) is 4.79 Å². The molecule has 0 unspecified atom stereocenters. The third kappa shape index (κ3) is 2.29. The molecular formula is C12H12N2O3. The van der Waals surface area contributed by atoms with E-state index in [1.807, 2.05) is 0 Å². The average Bonchev–Trinajstić information content (AvgIpc) is 2.38. The van der Waals surface area contributed by atoms with Crippen molar-refractivity contribution < 1.29 is 14.7 Å². The Hall–Kier alpha value is -1.88. The number of aliphatic hydroxyl groups is 1. The molecule has 1 aliphatic carbocycles. The zero-order chi connectivity index (χ0) is 12.3. The average molecular weight is 232 g/mol. The van der Waals surface area contributed by atoms with Gasteiger partial charge in [0.1, 0.15) is 5.69 Å². The van der Waals surface area contributed by atoms with Gasteiger partial charge in [0.2, 0.25) is 5.78 Å². The predicted molar refractivity (Wildman–Crippen MR) is 59.3 cm³/mol. The number of aliphatic hydroxyl groups excluding tert-OH is 1. The van der Waals surface area contributed by atoms with Crippen molar-refractivity contribution >= 4 is 11.6 Å². The second-order valence-electron chi connectivity index (χ2n) is 3.83. The van der Waals surface area contributed by atoms with Crippen molar-refractivity contribution in [3.05, 3.63) is 35.4 Å². The Morgan fingerprint density at radius 2 is 2.18 bits per heavy atom. The molecule has 88 valence electrons. The maximum atomic E-state index is 12.1. The topological polar surface area (TPSA) is 80.1 Å². The van der Waals surface area contributed by atoms with Crippen LogP contribution in [0.2, 0.25) is 0 Å². The number of hydrogen-bond acceptors (Lipinski definition) is 5. The van der Waals surface area contributed by atoms with Crippen LogP contribution in [0.3, 0.4) is 0 Å². The molecule has 0 fully saturated rings. The predicted octanol–water partition coefficient (Wildman–Crippen LogP) is 0.701. The van der Waals surface area contributed by atoms with E-state index in [9.17, 15) is 14.7 Å². The lowest BCUT2D eigenvalue weighted by molar-refractivity contribution is -0.115. The first-order chi connectivity index (χ1) is 8.24. The zero-order valence-electron chi connectivity index (χ0n) is 9.22. The van der Waals surface area contributed by atoms with E-state index < -0.39 is 5.78 Å². The number of ketones is 2. The number of Topliss-reactive ketones (excluding diaryl/α,β-unsaturated/α-hetero) is 2. The van der Waals surface area contributed by atoms with Crippen molar-refractivity contribution in [1.82, 2.24) is 9.97 Å². The van der Waals surface area contributed by atoms with E-state index in [0.717, 1.165) is 0 Å². The van der Waals surface area contributed by atoms with Gasteiger partial charge >= 0.3 is 0 Å². The van der Waals surface area contributed by atoms with Crippen LogP contribution >= 0.6 is 0 Å². The molecule has 0 atom stereocenters. The summed E-state index contributed by atoms with van der Waals surface area (Å²) in [6.45, 7) is -0.257. The molecule has 1 aromatic heterocycles. The van der Waals surface area contributed by atoms with Crippen LogP contribution < -0.4 is 0 Å². The fraction of sp³-hybridized carbons (Fsp3) is 0.333. The minimum Gasteiger partial charge on any atom is -0.392 e. The second kappa shape index (κ2) is 4.97. The molecule has 1 N–H and O–H groups in total. The van der Waals surface area contributed by atoms with Crippen LogP contribution in [0.1, 0.15) is 29.8 Å². The second-order valence-corrected chi connectivity index (χ2v) is 3.83. The highest BCUT2D eigenvalue weighted by Crippen LogP contribution is 2.24. The van der Waals surface area contributed by atoms with E-state index in [0.29, 0.717) is 24.8 Å². The third-order valence-electron chi connectivity index (χ3n) is 2.73. The van der Waals surface area contributed by atoms with Gasteiger partial charge in [0.05, 0.1) is 18.4 Å². The molecule has 0 radical (unpaired) electrons. The third-order valence-corrected chi connectivity index (χ3v) is 2.73. The van der Waals surface area contributed by atoms with E-state index in [1.165, 1.54) is 18.6 Å². The van der Waals surface area contributed by atoms with Gasteiger partial charge in [-0.15, -0.1) is 0 Å². The van der Waals surface area contributed by atoms with Gasteiger partial charge in [0.25, 0.3) is 0 Å².